The van der Waals surface area contributed by atoms with Crippen molar-refractivity contribution in [3.05, 3.63) is 29.3 Å². The maximum atomic E-state index is 12.8. The van der Waals surface area contributed by atoms with Gasteiger partial charge in [0.2, 0.25) is 0 Å². The first-order valence-corrected chi connectivity index (χ1v) is 10.5. The number of fused-ring (bicyclic) bond motifs is 1. The Morgan fingerprint density at radius 3 is 2.85 bits per heavy atom. The van der Waals surface area contributed by atoms with Gasteiger partial charge >= 0.3 is 0 Å². The Morgan fingerprint density at radius 2 is 2.08 bits per heavy atom. The van der Waals surface area contributed by atoms with Crippen LogP contribution in [0.15, 0.2) is 24.3 Å². The number of aromatic nitrogens is 1. The van der Waals surface area contributed by atoms with Crippen LogP contribution < -0.4 is 4.90 Å². The number of carbonyl (C=O) groups is 1. The highest BCUT2D eigenvalue weighted by Gasteiger charge is 2.32. The molecule has 1 aromatic heterocycles. The maximum absolute atomic E-state index is 12.8. The number of quaternary nitrogens is 1. The largest absolute Gasteiger partial charge is 0.372 e. The predicted molar refractivity (Wildman–Crippen MR) is 104 cm³/mol. The van der Waals surface area contributed by atoms with E-state index in [4.69, 9.17) is 9.72 Å². The van der Waals surface area contributed by atoms with Crippen molar-refractivity contribution in [1.29, 1.82) is 0 Å². The summed E-state index contributed by atoms with van der Waals surface area (Å²) < 4.78 is 7.02. The Balaban J connectivity index is 1.39. The molecule has 5 nitrogen and oxygen atoms in total. The van der Waals surface area contributed by atoms with Gasteiger partial charge in [0.25, 0.3) is 5.91 Å². The lowest BCUT2D eigenvalue weighted by atomic mass is 9.98. The topological polar surface area (TPSA) is 46.9 Å². The molecule has 0 spiro atoms. The number of ether oxygens (including phenoxy) is 1. The van der Waals surface area contributed by atoms with E-state index in [1.807, 2.05) is 36.2 Å². The molecule has 2 fully saturated rings. The van der Waals surface area contributed by atoms with Crippen molar-refractivity contribution in [3.63, 3.8) is 0 Å². The number of para-hydroxylation sites is 1. The van der Waals surface area contributed by atoms with Crippen LogP contribution in [0.3, 0.4) is 0 Å². The summed E-state index contributed by atoms with van der Waals surface area (Å²) in [6.45, 7) is 8.24. The molecular weight excluding hydrogens is 346 g/mol. The molecule has 140 valence electrons. The summed E-state index contributed by atoms with van der Waals surface area (Å²) in [5.41, 5.74) is 1.10. The number of hydrogen-bond acceptors (Lipinski definition) is 4. The average Bonchev–Trinajstić information content (AvgIpc) is 3.05. The highest BCUT2D eigenvalue weighted by molar-refractivity contribution is 7.18. The van der Waals surface area contributed by atoms with E-state index in [9.17, 15) is 4.79 Å². The van der Waals surface area contributed by atoms with Gasteiger partial charge in [0.1, 0.15) is 5.01 Å². The first-order valence-electron chi connectivity index (χ1n) is 9.70. The van der Waals surface area contributed by atoms with Crippen molar-refractivity contribution < 1.29 is 14.4 Å². The molecule has 0 saturated carbocycles. The van der Waals surface area contributed by atoms with Gasteiger partial charge in [-0.3, -0.25) is 4.79 Å². The molecule has 1 amide bonds. The summed E-state index contributed by atoms with van der Waals surface area (Å²) in [5.74, 6) is 0.749. The van der Waals surface area contributed by atoms with Crippen LogP contribution in [-0.4, -0.2) is 60.7 Å². The number of benzene rings is 1. The van der Waals surface area contributed by atoms with Crippen molar-refractivity contribution in [3.8, 4) is 0 Å². The van der Waals surface area contributed by atoms with Crippen molar-refractivity contribution in [2.24, 2.45) is 0 Å². The predicted octanol–water partition coefficient (Wildman–Crippen LogP) is 1.69. The zero-order valence-electron chi connectivity index (χ0n) is 15.6. The lowest BCUT2D eigenvalue weighted by Gasteiger charge is -2.36. The third kappa shape index (κ3) is 3.92. The fourth-order valence-electron chi connectivity index (χ4n) is 4.29. The third-order valence-corrected chi connectivity index (χ3v) is 6.65. The van der Waals surface area contributed by atoms with E-state index in [0.29, 0.717) is 12.5 Å². The first kappa shape index (κ1) is 17.9. The number of amides is 1. The van der Waals surface area contributed by atoms with Gasteiger partial charge in [-0.05, 0) is 38.8 Å². The van der Waals surface area contributed by atoms with Crippen LogP contribution in [0.1, 0.15) is 37.6 Å². The third-order valence-electron chi connectivity index (χ3n) is 5.45. The Kier molecular flexibility index (Phi) is 5.25. The standard InChI is InChI=1S/C20H27N3O2S/c1-14-10-23(11-15(2)25-14)19(24)13-22-9-5-6-16(12-22)20-21-17-7-3-4-8-18(17)26-20/h3-4,7-8,14-16H,5-6,9-13H2,1-2H3/p+1/t14-,15-,16-/m0/s1. The second-order valence-corrected chi connectivity index (χ2v) is 8.86. The Hall–Kier alpha value is -1.50. The SMILES string of the molecule is C[C@H]1CN(C(=O)C[NH+]2CCC[C@H](c3nc4ccccc4s3)C2)C[C@H](C)O1. The van der Waals surface area contributed by atoms with E-state index in [-0.39, 0.29) is 18.1 Å². The number of rotatable bonds is 3. The van der Waals surface area contributed by atoms with E-state index in [0.717, 1.165) is 31.7 Å². The molecule has 2 aliphatic rings. The number of nitrogens with zero attached hydrogens (tertiary/aromatic N) is 2. The molecule has 0 radical (unpaired) electrons. The van der Waals surface area contributed by atoms with E-state index in [1.54, 1.807) is 0 Å². The number of hydrogen-bond donors (Lipinski definition) is 1. The fourth-order valence-corrected chi connectivity index (χ4v) is 5.40. The smallest absolute Gasteiger partial charge is 0.277 e. The van der Waals surface area contributed by atoms with Crippen molar-refractivity contribution in [2.75, 3.05) is 32.7 Å². The van der Waals surface area contributed by atoms with Crippen LogP contribution in [0.4, 0.5) is 0 Å². The molecule has 6 heteroatoms. The van der Waals surface area contributed by atoms with Crippen molar-refractivity contribution in [1.82, 2.24) is 9.88 Å². The summed E-state index contributed by atoms with van der Waals surface area (Å²) >= 11 is 1.82. The fraction of sp³-hybridized carbons (Fsp3) is 0.600. The monoisotopic (exact) mass is 374 g/mol. The van der Waals surface area contributed by atoms with E-state index in [1.165, 1.54) is 27.4 Å². The summed E-state index contributed by atoms with van der Waals surface area (Å²) in [6.07, 6.45) is 2.62. The summed E-state index contributed by atoms with van der Waals surface area (Å²) in [6, 6.07) is 8.36. The van der Waals surface area contributed by atoms with Crippen LogP contribution in [0.2, 0.25) is 0 Å². The molecule has 1 N–H and O–H groups in total. The lowest BCUT2D eigenvalue weighted by Crippen LogP contribution is -3.14. The molecule has 4 rings (SSSR count). The van der Waals surface area contributed by atoms with E-state index < -0.39 is 0 Å². The molecule has 1 aromatic carbocycles. The molecule has 2 aromatic rings. The van der Waals surface area contributed by atoms with Gasteiger partial charge in [0.05, 0.1) is 41.4 Å². The molecule has 3 heterocycles. The Morgan fingerprint density at radius 1 is 1.31 bits per heavy atom. The summed E-state index contributed by atoms with van der Waals surface area (Å²) in [4.78, 5) is 21.0. The Bertz CT molecular complexity index is 734. The van der Waals surface area contributed by atoms with E-state index >= 15 is 0 Å². The number of piperidine rings is 1. The molecule has 4 atom stereocenters. The van der Waals surface area contributed by atoms with Gasteiger partial charge < -0.3 is 14.5 Å². The number of thiazole rings is 1. The molecule has 0 aliphatic carbocycles. The zero-order chi connectivity index (χ0) is 18.1. The lowest BCUT2D eigenvalue weighted by molar-refractivity contribution is -0.898. The molecular formula is C20H28N3O2S+. The van der Waals surface area contributed by atoms with Crippen LogP contribution >= 0.6 is 11.3 Å². The van der Waals surface area contributed by atoms with Crippen molar-refractivity contribution in [2.45, 2.75) is 44.8 Å². The van der Waals surface area contributed by atoms with Crippen molar-refractivity contribution >= 4 is 27.5 Å². The van der Waals surface area contributed by atoms with Crippen LogP contribution in [0.25, 0.3) is 10.2 Å². The maximum Gasteiger partial charge on any atom is 0.277 e. The number of likely N-dealkylation sites (tertiary alicyclic amines) is 1. The molecule has 2 aliphatic heterocycles. The minimum Gasteiger partial charge on any atom is -0.372 e. The highest BCUT2D eigenvalue weighted by atomic mass is 32.1. The van der Waals surface area contributed by atoms with Gasteiger partial charge in [-0.1, -0.05) is 12.1 Å². The minimum atomic E-state index is 0.134. The molecule has 1 unspecified atom stereocenters. The van der Waals surface area contributed by atoms with Crippen LogP contribution in [-0.2, 0) is 9.53 Å². The summed E-state index contributed by atoms with van der Waals surface area (Å²) in [5, 5.41) is 1.24. The second-order valence-electron chi connectivity index (χ2n) is 7.80. The van der Waals surface area contributed by atoms with Crippen LogP contribution in [0, 0.1) is 0 Å². The van der Waals surface area contributed by atoms with Gasteiger partial charge in [0, 0.05) is 13.1 Å². The number of morpholine rings is 1. The minimum absolute atomic E-state index is 0.134. The molecule has 26 heavy (non-hydrogen) atoms. The van der Waals surface area contributed by atoms with Gasteiger partial charge in [-0.15, -0.1) is 11.3 Å². The van der Waals surface area contributed by atoms with E-state index in [2.05, 4.69) is 18.2 Å². The molecule has 2 saturated heterocycles. The normalized spacial score (nSPS) is 29.8. The van der Waals surface area contributed by atoms with Gasteiger partial charge in [-0.2, -0.15) is 0 Å². The highest BCUT2D eigenvalue weighted by Crippen LogP contribution is 2.30. The second kappa shape index (κ2) is 7.62. The first-order chi connectivity index (χ1) is 12.6. The number of nitrogens with one attached hydrogen (secondary N) is 1. The Labute approximate surface area is 159 Å². The average molecular weight is 375 g/mol. The number of carbonyl (C=O) groups excluding carboxylic acids is 1. The quantitative estimate of drug-likeness (QED) is 0.889. The van der Waals surface area contributed by atoms with Gasteiger partial charge in [-0.25, -0.2) is 4.98 Å². The zero-order valence-corrected chi connectivity index (χ0v) is 16.4. The van der Waals surface area contributed by atoms with Crippen LogP contribution in [0.5, 0.6) is 0 Å². The molecule has 0 bridgehead atoms. The van der Waals surface area contributed by atoms with Gasteiger partial charge in [0.15, 0.2) is 6.54 Å². The summed E-state index contributed by atoms with van der Waals surface area (Å²) in [7, 11) is 0.